The molecular formula is C13H21N3OS2. The van der Waals surface area contributed by atoms with Gasteiger partial charge in [-0.3, -0.25) is 4.21 Å². The summed E-state index contributed by atoms with van der Waals surface area (Å²) < 4.78 is 11.4. The fourth-order valence-corrected chi connectivity index (χ4v) is 5.08. The summed E-state index contributed by atoms with van der Waals surface area (Å²) in [6.07, 6.45) is 3.64. The van der Waals surface area contributed by atoms with Crippen LogP contribution >= 0.6 is 11.3 Å². The fraction of sp³-hybridized carbons (Fsp3) is 0.769. The zero-order valence-corrected chi connectivity index (χ0v) is 13.0. The molecule has 0 radical (unpaired) electrons. The molecule has 1 saturated heterocycles. The molecule has 2 heterocycles. The van der Waals surface area contributed by atoms with Gasteiger partial charge in [-0.05, 0) is 25.8 Å². The molecule has 0 bridgehead atoms. The van der Waals surface area contributed by atoms with E-state index in [1.54, 1.807) is 0 Å². The van der Waals surface area contributed by atoms with Crippen molar-refractivity contribution in [3.63, 3.8) is 0 Å². The molecule has 0 spiro atoms. The Labute approximate surface area is 121 Å². The number of rotatable bonds is 3. The van der Waals surface area contributed by atoms with Gasteiger partial charge in [0.2, 0.25) is 0 Å². The van der Waals surface area contributed by atoms with Crippen molar-refractivity contribution in [2.45, 2.75) is 32.2 Å². The van der Waals surface area contributed by atoms with Gasteiger partial charge in [0, 0.05) is 40.3 Å². The first-order valence-corrected chi connectivity index (χ1v) is 9.41. The van der Waals surface area contributed by atoms with Gasteiger partial charge in [0.15, 0.2) is 5.13 Å². The Morgan fingerprint density at radius 2 is 2.26 bits per heavy atom. The molecule has 6 heteroatoms. The van der Waals surface area contributed by atoms with E-state index in [0.717, 1.165) is 36.3 Å². The second-order valence-corrected chi connectivity index (χ2v) is 7.90. The number of nitrogens with zero attached hydrogens (tertiary/aromatic N) is 2. The minimum atomic E-state index is -0.612. The van der Waals surface area contributed by atoms with Crippen molar-refractivity contribution in [3.8, 4) is 0 Å². The highest BCUT2D eigenvalue weighted by Crippen LogP contribution is 2.36. The van der Waals surface area contributed by atoms with Gasteiger partial charge in [0.25, 0.3) is 0 Å². The highest BCUT2D eigenvalue weighted by atomic mass is 32.2. The van der Waals surface area contributed by atoms with Crippen molar-refractivity contribution in [1.29, 1.82) is 0 Å². The van der Waals surface area contributed by atoms with Crippen molar-refractivity contribution < 1.29 is 4.21 Å². The Morgan fingerprint density at radius 1 is 1.47 bits per heavy atom. The lowest BCUT2D eigenvalue weighted by molar-refractivity contribution is 0.465. The first kappa shape index (κ1) is 13.5. The average molecular weight is 299 g/mol. The number of hydrogen-bond donors (Lipinski definition) is 1. The van der Waals surface area contributed by atoms with E-state index < -0.39 is 10.8 Å². The second-order valence-electron chi connectivity index (χ2n) is 5.14. The zero-order chi connectivity index (χ0) is 13.2. The Morgan fingerprint density at radius 3 is 3.00 bits per heavy atom. The lowest BCUT2D eigenvalue weighted by Gasteiger charge is -2.25. The predicted octanol–water partition coefficient (Wildman–Crippen LogP) is 1.70. The van der Waals surface area contributed by atoms with Crippen LogP contribution in [0.3, 0.4) is 0 Å². The Balaban J connectivity index is 1.79. The van der Waals surface area contributed by atoms with Crippen LogP contribution in [0.15, 0.2) is 0 Å². The summed E-state index contributed by atoms with van der Waals surface area (Å²) in [4.78, 5) is 8.65. The maximum atomic E-state index is 11.4. The van der Waals surface area contributed by atoms with Gasteiger partial charge in [-0.25, -0.2) is 4.98 Å². The van der Waals surface area contributed by atoms with E-state index in [0.29, 0.717) is 6.04 Å². The standard InChI is InChI=1S/C13H21N3OS2/c1-2-14-10-4-3-5-11-12(10)15-13(18-11)16-6-8-19(17)9-7-16/h10,14H,2-9H2,1H3. The third-order valence-electron chi connectivity index (χ3n) is 3.84. The van der Waals surface area contributed by atoms with Gasteiger partial charge in [-0.15, -0.1) is 11.3 Å². The molecule has 1 aliphatic heterocycles. The fourth-order valence-electron chi connectivity index (χ4n) is 2.82. The molecule has 1 fully saturated rings. The van der Waals surface area contributed by atoms with Gasteiger partial charge in [-0.2, -0.15) is 0 Å². The van der Waals surface area contributed by atoms with Crippen molar-refractivity contribution in [1.82, 2.24) is 10.3 Å². The molecule has 1 atom stereocenters. The first-order valence-electron chi connectivity index (χ1n) is 7.11. The second kappa shape index (κ2) is 5.89. The van der Waals surface area contributed by atoms with E-state index >= 15 is 0 Å². The van der Waals surface area contributed by atoms with E-state index in [1.807, 2.05) is 11.3 Å². The third kappa shape index (κ3) is 2.85. The van der Waals surface area contributed by atoms with E-state index in [4.69, 9.17) is 4.98 Å². The monoisotopic (exact) mass is 299 g/mol. The molecule has 0 saturated carbocycles. The summed E-state index contributed by atoms with van der Waals surface area (Å²) in [6, 6.07) is 0.442. The first-order chi connectivity index (χ1) is 9.28. The molecule has 0 aromatic carbocycles. The highest BCUT2D eigenvalue weighted by molar-refractivity contribution is 7.85. The van der Waals surface area contributed by atoms with Gasteiger partial charge in [0.1, 0.15) is 0 Å². The van der Waals surface area contributed by atoms with E-state index in [-0.39, 0.29) is 0 Å². The van der Waals surface area contributed by atoms with Crippen LogP contribution in [-0.2, 0) is 17.2 Å². The molecule has 1 N–H and O–H groups in total. The number of aryl methyl sites for hydroxylation is 1. The zero-order valence-electron chi connectivity index (χ0n) is 11.4. The van der Waals surface area contributed by atoms with Crippen LogP contribution in [0, 0.1) is 0 Å². The normalized spacial score (nSPS) is 24.5. The van der Waals surface area contributed by atoms with E-state index in [1.165, 1.54) is 29.8 Å². The SMILES string of the molecule is CCNC1CCCc2sc(N3CCS(=O)CC3)nc21. The minimum Gasteiger partial charge on any atom is -0.346 e. The smallest absolute Gasteiger partial charge is 0.185 e. The molecule has 1 aromatic rings. The summed E-state index contributed by atoms with van der Waals surface area (Å²) in [5, 5.41) is 4.69. The van der Waals surface area contributed by atoms with Crippen LogP contribution < -0.4 is 10.2 Å². The number of nitrogens with one attached hydrogen (secondary N) is 1. The molecule has 1 aliphatic carbocycles. The van der Waals surface area contributed by atoms with Gasteiger partial charge in [-0.1, -0.05) is 6.92 Å². The molecule has 1 unspecified atom stereocenters. The largest absolute Gasteiger partial charge is 0.346 e. The van der Waals surface area contributed by atoms with Crippen LogP contribution in [0.4, 0.5) is 5.13 Å². The van der Waals surface area contributed by atoms with E-state index in [9.17, 15) is 4.21 Å². The number of aromatic nitrogens is 1. The van der Waals surface area contributed by atoms with Gasteiger partial charge < -0.3 is 10.2 Å². The Hall–Kier alpha value is -0.460. The van der Waals surface area contributed by atoms with Crippen molar-refractivity contribution >= 4 is 27.3 Å². The maximum absolute atomic E-state index is 11.4. The molecule has 3 rings (SSSR count). The topological polar surface area (TPSA) is 45.2 Å². The maximum Gasteiger partial charge on any atom is 0.185 e. The van der Waals surface area contributed by atoms with Crippen LogP contribution in [-0.4, -0.2) is 40.3 Å². The van der Waals surface area contributed by atoms with E-state index in [2.05, 4.69) is 17.1 Å². The number of fused-ring (bicyclic) bond motifs is 1. The summed E-state index contributed by atoms with van der Waals surface area (Å²) in [5.74, 6) is 1.59. The predicted molar refractivity (Wildman–Crippen MR) is 81.6 cm³/mol. The lowest BCUT2D eigenvalue weighted by Crippen LogP contribution is -2.37. The number of thiazole rings is 1. The average Bonchev–Trinajstić information content (AvgIpc) is 2.85. The molecule has 0 amide bonds. The van der Waals surface area contributed by atoms with Crippen LogP contribution in [0.25, 0.3) is 0 Å². The molecular weight excluding hydrogens is 278 g/mol. The van der Waals surface area contributed by atoms with Gasteiger partial charge >= 0.3 is 0 Å². The molecule has 4 nitrogen and oxygen atoms in total. The molecule has 106 valence electrons. The lowest BCUT2D eigenvalue weighted by atomic mass is 9.98. The van der Waals surface area contributed by atoms with Crippen molar-refractivity contribution in [2.75, 3.05) is 36.0 Å². The van der Waals surface area contributed by atoms with Crippen LogP contribution in [0.2, 0.25) is 0 Å². The minimum absolute atomic E-state index is 0.442. The summed E-state index contributed by atoms with van der Waals surface area (Å²) in [5.41, 5.74) is 1.28. The number of hydrogen-bond acceptors (Lipinski definition) is 5. The summed E-state index contributed by atoms with van der Waals surface area (Å²) >= 11 is 1.85. The summed E-state index contributed by atoms with van der Waals surface area (Å²) in [6.45, 7) is 4.94. The third-order valence-corrected chi connectivity index (χ3v) is 6.31. The molecule has 1 aromatic heterocycles. The van der Waals surface area contributed by atoms with Gasteiger partial charge in [0.05, 0.1) is 11.7 Å². The molecule has 19 heavy (non-hydrogen) atoms. The van der Waals surface area contributed by atoms with Crippen LogP contribution in [0.5, 0.6) is 0 Å². The van der Waals surface area contributed by atoms with Crippen molar-refractivity contribution in [2.24, 2.45) is 0 Å². The quantitative estimate of drug-likeness (QED) is 0.923. The highest BCUT2D eigenvalue weighted by Gasteiger charge is 2.26. The Kier molecular flexibility index (Phi) is 4.19. The van der Waals surface area contributed by atoms with Crippen LogP contribution in [0.1, 0.15) is 36.4 Å². The number of anilines is 1. The van der Waals surface area contributed by atoms with Crippen molar-refractivity contribution in [3.05, 3.63) is 10.6 Å². The Bertz CT molecular complexity index is 464. The molecule has 2 aliphatic rings. The summed E-state index contributed by atoms with van der Waals surface area (Å²) in [7, 11) is -0.612.